The zero-order valence-electron chi connectivity index (χ0n) is 11.9. The van der Waals surface area contributed by atoms with Gasteiger partial charge in [0.05, 0.1) is 7.11 Å². The molecule has 0 spiro atoms. The van der Waals surface area contributed by atoms with Gasteiger partial charge in [0.25, 0.3) is 0 Å². The van der Waals surface area contributed by atoms with E-state index < -0.39 is 0 Å². The minimum Gasteiger partial charge on any atom is -0.496 e. The maximum atomic E-state index is 5.29. The second-order valence-corrected chi connectivity index (χ2v) is 6.59. The van der Waals surface area contributed by atoms with Crippen molar-refractivity contribution in [2.45, 2.75) is 25.8 Å². The number of thiophene rings is 1. The first-order valence-corrected chi connectivity index (χ1v) is 8.50. The number of methoxy groups -OCH3 is 1. The molecule has 0 aliphatic carbocycles. The van der Waals surface area contributed by atoms with E-state index in [1.807, 2.05) is 0 Å². The first-order valence-electron chi connectivity index (χ1n) is 6.83. The Kier molecular flexibility index (Phi) is 6.07. The van der Waals surface area contributed by atoms with E-state index in [1.54, 1.807) is 18.4 Å². The summed E-state index contributed by atoms with van der Waals surface area (Å²) in [5.74, 6) is 0.947. The first kappa shape index (κ1) is 15.5. The van der Waals surface area contributed by atoms with Gasteiger partial charge in [0.15, 0.2) is 0 Å². The molecule has 1 unspecified atom stereocenters. The summed E-state index contributed by atoms with van der Waals surface area (Å²) in [5.41, 5.74) is 1.33. The molecular formula is C16H20BrNOS. The average molecular weight is 354 g/mol. The Morgan fingerprint density at radius 2 is 2.20 bits per heavy atom. The standard InChI is InChI=1S/C16H20BrNOS/c1-3-7-18-15(16-10-14(19-2)11-20-16)9-12-5-4-6-13(17)8-12/h4-6,8,10-11,15,18H,3,7,9H2,1-2H3. The Balaban J connectivity index is 2.14. The SMILES string of the molecule is CCCNC(Cc1cccc(Br)c1)c1cc(OC)cs1. The van der Waals surface area contributed by atoms with Gasteiger partial charge in [0.1, 0.15) is 5.75 Å². The molecule has 4 heteroatoms. The minimum absolute atomic E-state index is 0.346. The van der Waals surface area contributed by atoms with E-state index in [-0.39, 0.29) is 0 Å². The lowest BCUT2D eigenvalue weighted by Gasteiger charge is -2.17. The Morgan fingerprint density at radius 1 is 1.35 bits per heavy atom. The number of benzene rings is 1. The molecular weight excluding hydrogens is 334 g/mol. The largest absolute Gasteiger partial charge is 0.496 e. The molecule has 0 fully saturated rings. The van der Waals surface area contributed by atoms with Crippen molar-refractivity contribution < 1.29 is 4.74 Å². The van der Waals surface area contributed by atoms with Gasteiger partial charge in [0.2, 0.25) is 0 Å². The van der Waals surface area contributed by atoms with Crippen LogP contribution in [-0.2, 0) is 6.42 Å². The van der Waals surface area contributed by atoms with Crippen LogP contribution in [0.2, 0.25) is 0 Å². The van der Waals surface area contributed by atoms with Gasteiger partial charge in [-0.15, -0.1) is 11.3 Å². The monoisotopic (exact) mass is 353 g/mol. The van der Waals surface area contributed by atoms with E-state index >= 15 is 0 Å². The van der Waals surface area contributed by atoms with Crippen LogP contribution in [0.15, 0.2) is 40.2 Å². The fraction of sp³-hybridized carbons (Fsp3) is 0.375. The summed E-state index contributed by atoms with van der Waals surface area (Å²) in [5, 5.41) is 5.70. The predicted molar refractivity (Wildman–Crippen MR) is 89.8 cm³/mol. The van der Waals surface area contributed by atoms with E-state index in [9.17, 15) is 0 Å². The van der Waals surface area contributed by atoms with Gasteiger partial charge in [-0.3, -0.25) is 0 Å². The highest BCUT2D eigenvalue weighted by Gasteiger charge is 2.14. The first-order chi connectivity index (χ1) is 9.72. The van der Waals surface area contributed by atoms with Gasteiger partial charge < -0.3 is 10.1 Å². The van der Waals surface area contributed by atoms with Gasteiger partial charge >= 0.3 is 0 Å². The highest BCUT2D eigenvalue weighted by molar-refractivity contribution is 9.10. The molecule has 0 aliphatic heterocycles. The van der Waals surface area contributed by atoms with Crippen LogP contribution in [0, 0.1) is 0 Å². The summed E-state index contributed by atoms with van der Waals surface area (Å²) in [7, 11) is 1.72. The lowest BCUT2D eigenvalue weighted by atomic mass is 10.0. The normalized spacial score (nSPS) is 12.3. The molecule has 2 rings (SSSR count). The van der Waals surface area contributed by atoms with E-state index in [4.69, 9.17) is 4.74 Å². The van der Waals surface area contributed by atoms with Crippen LogP contribution in [0.25, 0.3) is 0 Å². The molecule has 108 valence electrons. The fourth-order valence-electron chi connectivity index (χ4n) is 2.12. The molecule has 1 heterocycles. The zero-order valence-corrected chi connectivity index (χ0v) is 14.3. The molecule has 0 radical (unpaired) electrons. The summed E-state index contributed by atoms with van der Waals surface area (Å²) in [6.45, 7) is 3.22. The molecule has 2 nitrogen and oxygen atoms in total. The molecule has 20 heavy (non-hydrogen) atoms. The van der Waals surface area contributed by atoms with Crippen LogP contribution in [0.1, 0.15) is 29.8 Å². The van der Waals surface area contributed by atoms with Crippen molar-refractivity contribution >= 4 is 27.3 Å². The topological polar surface area (TPSA) is 21.3 Å². The van der Waals surface area contributed by atoms with Gasteiger partial charge in [0, 0.05) is 20.8 Å². The third-order valence-electron chi connectivity index (χ3n) is 3.14. The van der Waals surface area contributed by atoms with Gasteiger partial charge in [-0.1, -0.05) is 35.0 Å². The molecule has 1 N–H and O–H groups in total. The van der Waals surface area contributed by atoms with Crippen molar-refractivity contribution in [3.05, 3.63) is 50.6 Å². The van der Waals surface area contributed by atoms with Crippen LogP contribution in [0.3, 0.4) is 0 Å². The van der Waals surface area contributed by atoms with Gasteiger partial charge in [-0.2, -0.15) is 0 Å². The van der Waals surface area contributed by atoms with Crippen molar-refractivity contribution in [3.63, 3.8) is 0 Å². The van der Waals surface area contributed by atoms with Crippen molar-refractivity contribution in [1.29, 1.82) is 0 Å². The van der Waals surface area contributed by atoms with E-state index in [2.05, 4.69) is 63.9 Å². The van der Waals surface area contributed by atoms with Gasteiger partial charge in [-0.25, -0.2) is 0 Å². The summed E-state index contributed by atoms with van der Waals surface area (Å²) >= 11 is 5.30. The zero-order chi connectivity index (χ0) is 14.4. The van der Waals surface area contributed by atoms with Crippen LogP contribution in [0.4, 0.5) is 0 Å². The number of hydrogen-bond acceptors (Lipinski definition) is 3. The third-order valence-corrected chi connectivity index (χ3v) is 4.66. The molecule has 0 amide bonds. The Labute approximate surface area is 133 Å². The smallest absolute Gasteiger partial charge is 0.129 e. The van der Waals surface area contributed by atoms with Crippen LogP contribution < -0.4 is 10.1 Å². The van der Waals surface area contributed by atoms with Gasteiger partial charge in [-0.05, 0) is 43.1 Å². The fourth-order valence-corrected chi connectivity index (χ4v) is 3.49. The summed E-state index contributed by atoms with van der Waals surface area (Å²) in [6.07, 6.45) is 2.13. The lowest BCUT2D eigenvalue weighted by Crippen LogP contribution is -2.23. The average Bonchev–Trinajstić information content (AvgIpc) is 2.92. The summed E-state index contributed by atoms with van der Waals surface area (Å²) < 4.78 is 6.43. The lowest BCUT2D eigenvalue weighted by molar-refractivity contribution is 0.415. The van der Waals surface area contributed by atoms with Crippen LogP contribution in [0.5, 0.6) is 5.75 Å². The maximum Gasteiger partial charge on any atom is 0.129 e. The quantitative estimate of drug-likeness (QED) is 0.771. The van der Waals surface area contributed by atoms with E-state index in [1.165, 1.54) is 10.4 Å². The highest BCUT2D eigenvalue weighted by Crippen LogP contribution is 2.29. The molecule has 0 saturated heterocycles. The molecule has 0 aliphatic rings. The number of rotatable bonds is 7. The summed E-state index contributed by atoms with van der Waals surface area (Å²) in [6, 6.07) is 11.0. The Hall–Kier alpha value is -0.840. The Morgan fingerprint density at radius 3 is 2.85 bits per heavy atom. The number of ether oxygens (including phenoxy) is 1. The maximum absolute atomic E-state index is 5.29. The predicted octanol–water partition coefficient (Wildman–Crippen LogP) is 4.80. The molecule has 0 saturated carbocycles. The van der Waals surface area contributed by atoms with Crippen LogP contribution in [-0.4, -0.2) is 13.7 Å². The molecule has 1 aromatic carbocycles. The second kappa shape index (κ2) is 7.81. The number of nitrogens with one attached hydrogen (secondary N) is 1. The van der Waals surface area contributed by atoms with E-state index in [0.29, 0.717) is 6.04 Å². The molecule has 1 aromatic heterocycles. The second-order valence-electron chi connectivity index (χ2n) is 4.73. The Bertz CT molecular complexity index is 541. The van der Waals surface area contributed by atoms with E-state index in [0.717, 1.165) is 29.6 Å². The van der Waals surface area contributed by atoms with Crippen molar-refractivity contribution in [1.82, 2.24) is 5.32 Å². The summed E-state index contributed by atoms with van der Waals surface area (Å²) in [4.78, 5) is 1.33. The highest BCUT2D eigenvalue weighted by atomic mass is 79.9. The molecule has 1 atom stereocenters. The molecule has 0 bridgehead atoms. The third kappa shape index (κ3) is 4.33. The van der Waals surface area contributed by atoms with Crippen LogP contribution >= 0.6 is 27.3 Å². The number of hydrogen-bond donors (Lipinski definition) is 1. The van der Waals surface area contributed by atoms with Crippen molar-refractivity contribution in [3.8, 4) is 5.75 Å². The van der Waals surface area contributed by atoms with Crippen molar-refractivity contribution in [2.75, 3.05) is 13.7 Å². The molecule has 2 aromatic rings. The number of halogens is 1. The minimum atomic E-state index is 0.346. The van der Waals surface area contributed by atoms with Crippen molar-refractivity contribution in [2.24, 2.45) is 0 Å².